The second-order valence-corrected chi connectivity index (χ2v) is 8.46. The molecular formula is C22H37IN4O2. The number of nitrogens with zero attached hydrogens (tertiary/aromatic N) is 2. The van der Waals surface area contributed by atoms with Crippen LogP contribution in [-0.2, 0) is 11.3 Å². The Morgan fingerprint density at radius 2 is 1.86 bits per heavy atom. The van der Waals surface area contributed by atoms with E-state index in [-0.39, 0.29) is 36.4 Å². The molecule has 0 spiro atoms. The molecule has 0 radical (unpaired) electrons. The first-order valence-electron chi connectivity index (χ1n) is 10.2. The van der Waals surface area contributed by atoms with Gasteiger partial charge >= 0.3 is 0 Å². The molecule has 0 bridgehead atoms. The molecule has 1 aromatic carbocycles. The third-order valence-electron chi connectivity index (χ3n) is 5.37. The van der Waals surface area contributed by atoms with Crippen LogP contribution in [0.5, 0.6) is 5.75 Å². The lowest BCUT2D eigenvalue weighted by Crippen LogP contribution is -2.48. The van der Waals surface area contributed by atoms with Crippen LogP contribution in [0.3, 0.4) is 0 Å². The molecular weight excluding hydrogens is 479 g/mol. The Labute approximate surface area is 192 Å². The largest absolute Gasteiger partial charge is 0.497 e. The molecule has 1 saturated carbocycles. The first kappa shape index (κ1) is 25.5. The molecule has 1 fully saturated rings. The van der Waals surface area contributed by atoms with Crippen molar-refractivity contribution in [2.75, 3.05) is 34.3 Å². The van der Waals surface area contributed by atoms with Crippen LogP contribution < -0.4 is 15.4 Å². The number of aliphatic imine (C=N–C) groups is 1. The Hall–Kier alpha value is -1.51. The van der Waals surface area contributed by atoms with Crippen LogP contribution in [0.2, 0.25) is 0 Å². The van der Waals surface area contributed by atoms with Gasteiger partial charge < -0.3 is 20.3 Å². The fraction of sp³-hybridized carbons (Fsp3) is 0.636. The molecule has 0 atom stereocenters. The number of carbonyl (C=O) groups is 1. The van der Waals surface area contributed by atoms with Crippen molar-refractivity contribution in [2.45, 2.75) is 46.1 Å². The number of likely N-dealkylation sites (N-methyl/N-ethyl adjacent to an activating group) is 1. The lowest BCUT2D eigenvalue weighted by atomic mass is 9.64. The number of halogens is 1. The Morgan fingerprint density at radius 3 is 2.34 bits per heavy atom. The quantitative estimate of drug-likeness (QED) is 0.299. The fourth-order valence-electron chi connectivity index (χ4n) is 3.66. The second-order valence-electron chi connectivity index (χ2n) is 8.46. The molecule has 0 heterocycles. The lowest BCUT2D eigenvalue weighted by molar-refractivity contribution is -0.127. The topological polar surface area (TPSA) is 66.0 Å². The van der Waals surface area contributed by atoms with Crippen LogP contribution >= 0.6 is 24.0 Å². The van der Waals surface area contributed by atoms with Crippen molar-refractivity contribution in [1.29, 1.82) is 0 Å². The Morgan fingerprint density at radius 1 is 1.21 bits per heavy atom. The van der Waals surface area contributed by atoms with E-state index < -0.39 is 0 Å². The summed E-state index contributed by atoms with van der Waals surface area (Å²) >= 11 is 0. The zero-order chi connectivity index (χ0) is 20.6. The predicted octanol–water partition coefficient (Wildman–Crippen LogP) is 3.65. The number of hydrogen-bond donors (Lipinski definition) is 2. The van der Waals surface area contributed by atoms with Crippen molar-refractivity contribution in [3.63, 3.8) is 0 Å². The van der Waals surface area contributed by atoms with E-state index in [9.17, 15) is 4.79 Å². The SMILES string of the molecule is COc1ccc(CN=C(NCC(=O)N(C)C)NCC2(CC(C)C)CCC2)cc1.I. The number of benzene rings is 1. The smallest absolute Gasteiger partial charge is 0.241 e. The van der Waals surface area contributed by atoms with E-state index in [1.807, 2.05) is 24.3 Å². The Bertz CT molecular complexity index is 655. The molecule has 0 aromatic heterocycles. The van der Waals surface area contributed by atoms with Gasteiger partial charge in [0, 0.05) is 20.6 Å². The molecule has 1 aromatic rings. The standard InChI is InChI=1S/C22H36N4O2.HI/c1-17(2)13-22(11-6-12-22)16-25-21(24-15-20(27)26(3)4)23-14-18-7-9-19(28-5)10-8-18;/h7-10,17H,6,11-16H2,1-5H3,(H2,23,24,25);1H. The minimum Gasteiger partial charge on any atom is -0.497 e. The zero-order valence-corrected chi connectivity index (χ0v) is 20.8. The maximum Gasteiger partial charge on any atom is 0.241 e. The number of hydrogen-bond acceptors (Lipinski definition) is 3. The van der Waals surface area contributed by atoms with Crippen molar-refractivity contribution in [1.82, 2.24) is 15.5 Å². The number of ether oxygens (including phenoxy) is 1. The summed E-state index contributed by atoms with van der Waals surface area (Å²) in [7, 11) is 5.18. The highest BCUT2D eigenvalue weighted by molar-refractivity contribution is 14.0. The van der Waals surface area contributed by atoms with Crippen LogP contribution in [0, 0.1) is 11.3 Å². The molecule has 0 saturated heterocycles. The zero-order valence-electron chi connectivity index (χ0n) is 18.5. The highest BCUT2D eigenvalue weighted by Gasteiger charge is 2.37. The van der Waals surface area contributed by atoms with Gasteiger partial charge in [-0.3, -0.25) is 4.79 Å². The van der Waals surface area contributed by atoms with E-state index in [1.54, 1.807) is 26.1 Å². The maximum absolute atomic E-state index is 12.0. The average molecular weight is 516 g/mol. The minimum absolute atomic E-state index is 0. The highest BCUT2D eigenvalue weighted by Crippen LogP contribution is 2.45. The molecule has 0 unspecified atom stereocenters. The van der Waals surface area contributed by atoms with Crippen LogP contribution in [0.15, 0.2) is 29.3 Å². The maximum atomic E-state index is 12.0. The van der Waals surface area contributed by atoms with Gasteiger partial charge in [-0.2, -0.15) is 0 Å². The van der Waals surface area contributed by atoms with Crippen molar-refractivity contribution in [3.05, 3.63) is 29.8 Å². The lowest BCUT2D eigenvalue weighted by Gasteiger charge is -2.43. The molecule has 1 amide bonds. The molecule has 164 valence electrons. The highest BCUT2D eigenvalue weighted by atomic mass is 127. The van der Waals surface area contributed by atoms with Gasteiger partial charge in [0.2, 0.25) is 5.91 Å². The summed E-state index contributed by atoms with van der Waals surface area (Å²) in [4.78, 5) is 18.3. The number of carbonyl (C=O) groups excluding carboxylic acids is 1. The number of guanidine groups is 1. The summed E-state index contributed by atoms with van der Waals surface area (Å²) in [6, 6.07) is 7.90. The third kappa shape index (κ3) is 8.40. The summed E-state index contributed by atoms with van der Waals surface area (Å²) < 4.78 is 5.21. The third-order valence-corrected chi connectivity index (χ3v) is 5.37. The second kappa shape index (κ2) is 12.2. The number of amides is 1. The summed E-state index contributed by atoms with van der Waals surface area (Å²) in [6.45, 7) is 6.25. The van der Waals surface area contributed by atoms with E-state index in [4.69, 9.17) is 9.73 Å². The first-order chi connectivity index (χ1) is 13.3. The molecule has 6 nitrogen and oxygen atoms in total. The van der Waals surface area contributed by atoms with Gasteiger partial charge in [-0.1, -0.05) is 32.4 Å². The van der Waals surface area contributed by atoms with Crippen LogP contribution in [0.1, 0.15) is 45.1 Å². The minimum atomic E-state index is 0. The Balaban J connectivity index is 0.00000420. The molecule has 1 aliphatic rings. The fourth-order valence-corrected chi connectivity index (χ4v) is 3.66. The summed E-state index contributed by atoms with van der Waals surface area (Å²) in [5.74, 6) is 2.24. The molecule has 2 N–H and O–H groups in total. The molecule has 7 heteroatoms. The monoisotopic (exact) mass is 516 g/mol. The van der Waals surface area contributed by atoms with Gasteiger partial charge in [0.1, 0.15) is 5.75 Å². The van der Waals surface area contributed by atoms with E-state index in [2.05, 4.69) is 24.5 Å². The van der Waals surface area contributed by atoms with Gasteiger partial charge in [0.05, 0.1) is 20.2 Å². The van der Waals surface area contributed by atoms with Crippen molar-refractivity contribution in [3.8, 4) is 5.75 Å². The molecule has 1 aliphatic carbocycles. The number of methoxy groups -OCH3 is 1. The van der Waals surface area contributed by atoms with E-state index >= 15 is 0 Å². The number of nitrogens with one attached hydrogen (secondary N) is 2. The molecule has 29 heavy (non-hydrogen) atoms. The van der Waals surface area contributed by atoms with Gasteiger partial charge in [-0.15, -0.1) is 24.0 Å². The van der Waals surface area contributed by atoms with Crippen LogP contribution in [-0.4, -0.2) is 51.1 Å². The van der Waals surface area contributed by atoms with Crippen molar-refractivity contribution < 1.29 is 9.53 Å². The van der Waals surface area contributed by atoms with Gasteiger partial charge in [0.15, 0.2) is 5.96 Å². The van der Waals surface area contributed by atoms with E-state index in [1.165, 1.54) is 25.7 Å². The van der Waals surface area contributed by atoms with Gasteiger partial charge in [-0.25, -0.2) is 4.99 Å². The predicted molar refractivity (Wildman–Crippen MR) is 130 cm³/mol. The summed E-state index contributed by atoms with van der Waals surface area (Å²) in [6.07, 6.45) is 5.06. The summed E-state index contributed by atoms with van der Waals surface area (Å²) in [5.41, 5.74) is 1.46. The Kier molecular flexibility index (Phi) is 10.8. The summed E-state index contributed by atoms with van der Waals surface area (Å²) in [5, 5.41) is 6.69. The average Bonchev–Trinajstić information content (AvgIpc) is 2.64. The van der Waals surface area contributed by atoms with E-state index in [0.717, 1.165) is 17.9 Å². The van der Waals surface area contributed by atoms with Gasteiger partial charge in [-0.05, 0) is 48.3 Å². The normalized spacial score (nSPS) is 15.2. The van der Waals surface area contributed by atoms with Gasteiger partial charge in [0.25, 0.3) is 0 Å². The van der Waals surface area contributed by atoms with Crippen LogP contribution in [0.25, 0.3) is 0 Å². The molecule has 2 rings (SSSR count). The van der Waals surface area contributed by atoms with Crippen molar-refractivity contribution in [2.24, 2.45) is 16.3 Å². The molecule has 0 aliphatic heterocycles. The van der Waals surface area contributed by atoms with Crippen molar-refractivity contribution >= 4 is 35.8 Å². The first-order valence-corrected chi connectivity index (χ1v) is 10.2. The number of rotatable bonds is 9. The van der Waals surface area contributed by atoms with E-state index in [0.29, 0.717) is 23.8 Å². The van der Waals surface area contributed by atoms with Crippen LogP contribution in [0.4, 0.5) is 0 Å².